The molecule has 1 aliphatic heterocycles. The third kappa shape index (κ3) is 7.05. The van der Waals surface area contributed by atoms with Gasteiger partial charge in [-0.25, -0.2) is 9.89 Å². The fourth-order valence-corrected chi connectivity index (χ4v) is 4.81. The number of nitrogens with zero attached hydrogens (tertiary/aromatic N) is 5. The van der Waals surface area contributed by atoms with E-state index in [2.05, 4.69) is 25.6 Å². The summed E-state index contributed by atoms with van der Waals surface area (Å²) in [4.78, 5) is 64.2. The lowest BCUT2D eigenvalue weighted by molar-refractivity contribution is -0.134. The number of carbonyl (C=O) groups is 4. The molecule has 3 amide bonds. The second-order valence-electron chi connectivity index (χ2n) is 9.12. The van der Waals surface area contributed by atoms with E-state index in [9.17, 15) is 19.2 Å². The predicted molar refractivity (Wildman–Crippen MR) is 131 cm³/mol. The average Bonchev–Trinajstić information content (AvgIpc) is 3.45. The van der Waals surface area contributed by atoms with Crippen LogP contribution in [0.15, 0.2) is 4.79 Å². The molecule has 4 N–H and O–H groups in total. The summed E-state index contributed by atoms with van der Waals surface area (Å²) in [5, 5.41) is 20.4. The lowest BCUT2D eigenvalue weighted by Gasteiger charge is -2.32. The van der Waals surface area contributed by atoms with Gasteiger partial charge < -0.3 is 20.2 Å². The van der Waals surface area contributed by atoms with Crippen molar-refractivity contribution < 1.29 is 24.3 Å². The van der Waals surface area contributed by atoms with Gasteiger partial charge >= 0.3 is 5.69 Å². The molecule has 2 aromatic heterocycles. The number of nitrogens with one attached hydrogen (secondary N) is 3. The Morgan fingerprint density at radius 3 is 2.59 bits per heavy atom. The van der Waals surface area contributed by atoms with Crippen LogP contribution in [0, 0.1) is 0 Å². The Morgan fingerprint density at radius 2 is 1.89 bits per heavy atom. The van der Waals surface area contributed by atoms with Crippen molar-refractivity contribution in [2.24, 2.45) is 7.05 Å². The Labute approximate surface area is 213 Å². The molecule has 2 bridgehead atoms. The number of amides is 3. The third-order valence-corrected chi connectivity index (χ3v) is 6.77. The smallest absolute Gasteiger partial charge is 0.340 e. The van der Waals surface area contributed by atoms with E-state index in [0.29, 0.717) is 63.3 Å². The van der Waals surface area contributed by atoms with Gasteiger partial charge in [0.1, 0.15) is 5.82 Å². The number of carboxylic acid groups (broad SMARTS) is 1. The Hall–Kier alpha value is -3.97. The van der Waals surface area contributed by atoms with Gasteiger partial charge in [0, 0.05) is 70.3 Å². The molecule has 1 atom stereocenters. The van der Waals surface area contributed by atoms with Crippen LogP contribution >= 0.6 is 0 Å². The second-order valence-corrected chi connectivity index (χ2v) is 9.12. The molecule has 14 nitrogen and oxygen atoms in total. The van der Waals surface area contributed by atoms with Crippen molar-refractivity contribution in [2.75, 3.05) is 26.7 Å². The first kappa shape index (κ1) is 27.6. The van der Waals surface area contributed by atoms with Crippen LogP contribution in [0.25, 0.3) is 0 Å². The highest BCUT2D eigenvalue weighted by Gasteiger charge is 2.31. The minimum absolute atomic E-state index is 0.0228. The van der Waals surface area contributed by atoms with Gasteiger partial charge in [0.15, 0.2) is 5.69 Å². The predicted octanol–water partition coefficient (Wildman–Crippen LogP) is -0.777. The van der Waals surface area contributed by atoms with Crippen LogP contribution in [0.1, 0.15) is 59.7 Å². The SMILES string of the molecule is CN1C(=O)CCCN(C(=O)CCc2n[nH]c(=O)[nH]2)CCCNC(=O)c2nn(C)c3c2CC1CC3.O=CO. The first-order valence-corrected chi connectivity index (χ1v) is 12.3. The summed E-state index contributed by atoms with van der Waals surface area (Å²) < 4.78 is 1.78. The molecular formula is C23H34N8O6. The van der Waals surface area contributed by atoms with Crippen LogP contribution in [0.3, 0.4) is 0 Å². The largest absolute Gasteiger partial charge is 0.483 e. The van der Waals surface area contributed by atoms with E-state index in [4.69, 9.17) is 9.90 Å². The highest BCUT2D eigenvalue weighted by atomic mass is 16.3. The van der Waals surface area contributed by atoms with Gasteiger partial charge in [0.05, 0.1) is 0 Å². The van der Waals surface area contributed by atoms with Crippen LogP contribution in [-0.4, -0.2) is 96.8 Å². The summed E-state index contributed by atoms with van der Waals surface area (Å²) in [5.41, 5.74) is 2.01. The van der Waals surface area contributed by atoms with Crippen molar-refractivity contribution in [3.63, 3.8) is 0 Å². The number of aryl methyl sites for hydroxylation is 2. The van der Waals surface area contributed by atoms with Crippen molar-refractivity contribution in [1.29, 1.82) is 0 Å². The molecule has 4 rings (SSSR count). The summed E-state index contributed by atoms with van der Waals surface area (Å²) >= 11 is 0. The van der Waals surface area contributed by atoms with E-state index in [1.807, 2.05) is 14.1 Å². The summed E-state index contributed by atoms with van der Waals surface area (Å²) in [6.07, 6.45) is 4.25. The quantitative estimate of drug-likeness (QED) is 0.381. The number of rotatable bonds is 3. The van der Waals surface area contributed by atoms with Crippen LogP contribution in [-0.2, 0) is 40.7 Å². The van der Waals surface area contributed by atoms with Gasteiger partial charge in [0.2, 0.25) is 11.8 Å². The number of likely N-dealkylation sites (N-methyl/N-ethyl adjacent to an activating group) is 1. The number of carbonyl (C=O) groups excluding carboxylic acids is 3. The van der Waals surface area contributed by atoms with E-state index in [0.717, 1.165) is 24.1 Å². The molecule has 0 radical (unpaired) electrons. The van der Waals surface area contributed by atoms with Gasteiger partial charge in [-0.2, -0.15) is 10.2 Å². The van der Waals surface area contributed by atoms with Gasteiger partial charge in [0.25, 0.3) is 12.4 Å². The molecule has 1 aliphatic carbocycles. The summed E-state index contributed by atoms with van der Waals surface area (Å²) in [5.74, 6) is 0.178. The molecule has 0 saturated carbocycles. The number of H-pyrrole nitrogens is 2. The summed E-state index contributed by atoms with van der Waals surface area (Å²) in [7, 11) is 3.67. The van der Waals surface area contributed by atoms with Crippen molar-refractivity contribution in [3.05, 3.63) is 33.3 Å². The number of aromatic nitrogens is 5. The Balaban J connectivity index is 0.00000121. The molecule has 0 spiro atoms. The first-order valence-electron chi connectivity index (χ1n) is 12.3. The maximum absolute atomic E-state index is 12.9. The van der Waals surface area contributed by atoms with E-state index in [-0.39, 0.29) is 36.7 Å². The lowest BCUT2D eigenvalue weighted by Crippen LogP contribution is -2.41. The maximum atomic E-state index is 12.9. The molecule has 202 valence electrons. The van der Waals surface area contributed by atoms with Crippen LogP contribution in [0.2, 0.25) is 0 Å². The Morgan fingerprint density at radius 1 is 1.16 bits per heavy atom. The molecule has 0 saturated heterocycles. The van der Waals surface area contributed by atoms with Crippen molar-refractivity contribution >= 4 is 24.2 Å². The molecule has 1 unspecified atom stereocenters. The number of fused-ring (bicyclic) bond motifs is 1. The monoisotopic (exact) mass is 518 g/mol. The maximum Gasteiger partial charge on any atom is 0.340 e. The zero-order valence-corrected chi connectivity index (χ0v) is 21.2. The minimum atomic E-state index is -0.402. The normalized spacial score (nSPS) is 18.7. The number of hydrogen-bond donors (Lipinski definition) is 4. The molecule has 14 heteroatoms. The first-order chi connectivity index (χ1) is 17.7. The summed E-state index contributed by atoms with van der Waals surface area (Å²) in [6, 6.07) is 0.0228. The highest BCUT2D eigenvalue weighted by Crippen LogP contribution is 2.27. The van der Waals surface area contributed by atoms with Crippen molar-refractivity contribution in [1.82, 2.24) is 40.1 Å². The average molecular weight is 519 g/mol. The second kappa shape index (κ2) is 12.8. The Bertz CT molecular complexity index is 1170. The minimum Gasteiger partial charge on any atom is -0.483 e. The fourth-order valence-electron chi connectivity index (χ4n) is 4.81. The van der Waals surface area contributed by atoms with E-state index >= 15 is 0 Å². The van der Waals surface area contributed by atoms with Gasteiger partial charge in [-0.05, 0) is 32.1 Å². The third-order valence-electron chi connectivity index (χ3n) is 6.77. The molecule has 2 aromatic rings. The van der Waals surface area contributed by atoms with Gasteiger partial charge in [-0.3, -0.25) is 28.8 Å². The van der Waals surface area contributed by atoms with Crippen molar-refractivity contribution in [2.45, 2.75) is 57.4 Å². The van der Waals surface area contributed by atoms with Gasteiger partial charge in [-0.15, -0.1) is 0 Å². The fraction of sp³-hybridized carbons (Fsp3) is 0.609. The molecular weight excluding hydrogens is 484 g/mol. The summed E-state index contributed by atoms with van der Waals surface area (Å²) in [6.45, 7) is 1.09. The molecule has 3 heterocycles. The van der Waals surface area contributed by atoms with Crippen LogP contribution < -0.4 is 11.0 Å². The zero-order valence-electron chi connectivity index (χ0n) is 21.2. The van der Waals surface area contributed by atoms with Crippen LogP contribution in [0.4, 0.5) is 0 Å². The van der Waals surface area contributed by atoms with Crippen molar-refractivity contribution in [3.8, 4) is 0 Å². The molecule has 0 fully saturated rings. The highest BCUT2D eigenvalue weighted by molar-refractivity contribution is 5.94. The van der Waals surface area contributed by atoms with E-state index in [1.54, 1.807) is 14.5 Å². The molecule has 2 aliphatic rings. The topological polar surface area (TPSA) is 186 Å². The Kier molecular flexibility index (Phi) is 9.57. The molecule has 0 aromatic carbocycles. The van der Waals surface area contributed by atoms with E-state index in [1.165, 1.54) is 0 Å². The molecule has 37 heavy (non-hydrogen) atoms. The standard InChI is InChI=1S/C22H32N8O4.CH2O2/c1-28-14-6-7-16-15(13-14)20(27-29(16)2)21(33)23-10-4-12-30(11-3-5-18(28)31)19(32)9-8-17-24-22(34)26-25-17;2-1-3/h14H,3-13H2,1-2H3,(H,23,33)(H2,24,25,26,34);1H,(H,2,3). The zero-order chi connectivity index (χ0) is 26.9. The number of hydrogen-bond acceptors (Lipinski definition) is 7. The van der Waals surface area contributed by atoms with Crippen LogP contribution in [0.5, 0.6) is 0 Å². The van der Waals surface area contributed by atoms with E-state index < -0.39 is 5.69 Å². The van der Waals surface area contributed by atoms with Gasteiger partial charge in [-0.1, -0.05) is 0 Å². The lowest BCUT2D eigenvalue weighted by atomic mass is 9.90. The number of aromatic amines is 2.